The number of carbonyl (C=O) groups is 1. The number of Topliss-reactive ketones (excluding diaryl/α,β-unsaturated/α-hetero) is 1. The lowest BCUT2D eigenvalue weighted by molar-refractivity contribution is 0.0969. The fourth-order valence-corrected chi connectivity index (χ4v) is 2.92. The fourth-order valence-electron chi connectivity index (χ4n) is 2.92. The Morgan fingerprint density at radius 2 is 2.11 bits per heavy atom. The minimum absolute atomic E-state index is 0.282. The zero-order valence-electron chi connectivity index (χ0n) is 12.0. The van der Waals surface area contributed by atoms with Crippen LogP contribution in [-0.4, -0.2) is 30.3 Å². The highest BCUT2D eigenvalue weighted by molar-refractivity contribution is 5.95. The van der Waals surface area contributed by atoms with Crippen molar-refractivity contribution in [3.05, 3.63) is 35.9 Å². The van der Waals surface area contributed by atoms with Gasteiger partial charge < -0.3 is 4.90 Å². The highest BCUT2D eigenvalue weighted by Gasteiger charge is 2.18. The molecule has 0 bridgehead atoms. The molecule has 1 atom stereocenters. The van der Waals surface area contributed by atoms with Gasteiger partial charge in [0.2, 0.25) is 0 Å². The summed E-state index contributed by atoms with van der Waals surface area (Å²) in [6.45, 7) is 5.81. The number of piperidine rings is 1. The van der Waals surface area contributed by atoms with Gasteiger partial charge in [0.05, 0.1) is 0 Å². The summed E-state index contributed by atoms with van der Waals surface area (Å²) in [6.07, 6.45) is 5.67. The molecule has 0 radical (unpaired) electrons. The van der Waals surface area contributed by atoms with Crippen LogP contribution in [0.4, 0.5) is 0 Å². The third-order valence-corrected chi connectivity index (χ3v) is 4.15. The van der Waals surface area contributed by atoms with Gasteiger partial charge in [-0.2, -0.15) is 0 Å². The van der Waals surface area contributed by atoms with Gasteiger partial charge in [-0.1, -0.05) is 43.7 Å². The molecule has 19 heavy (non-hydrogen) atoms. The second-order valence-corrected chi connectivity index (χ2v) is 5.61. The van der Waals surface area contributed by atoms with E-state index in [4.69, 9.17) is 0 Å². The van der Waals surface area contributed by atoms with Crippen molar-refractivity contribution in [1.29, 1.82) is 0 Å². The summed E-state index contributed by atoms with van der Waals surface area (Å²) in [5, 5.41) is 0. The second kappa shape index (κ2) is 7.44. The molecule has 0 amide bonds. The van der Waals surface area contributed by atoms with Crippen LogP contribution in [0.3, 0.4) is 0 Å². The highest BCUT2D eigenvalue weighted by Crippen LogP contribution is 2.19. The van der Waals surface area contributed by atoms with Crippen molar-refractivity contribution in [3.8, 4) is 0 Å². The largest absolute Gasteiger partial charge is 0.303 e. The maximum absolute atomic E-state index is 12.0. The van der Waals surface area contributed by atoms with Crippen LogP contribution in [0.25, 0.3) is 0 Å². The van der Waals surface area contributed by atoms with Gasteiger partial charge in [0.15, 0.2) is 5.78 Å². The average molecular weight is 259 g/mol. The number of ketones is 1. The predicted molar refractivity (Wildman–Crippen MR) is 79.5 cm³/mol. The van der Waals surface area contributed by atoms with Gasteiger partial charge in [-0.25, -0.2) is 0 Å². The van der Waals surface area contributed by atoms with Crippen LogP contribution in [0.2, 0.25) is 0 Å². The molecule has 1 heterocycles. The van der Waals surface area contributed by atoms with Crippen molar-refractivity contribution >= 4 is 5.78 Å². The van der Waals surface area contributed by atoms with Crippen molar-refractivity contribution in [2.24, 2.45) is 5.92 Å². The number of hydrogen-bond acceptors (Lipinski definition) is 2. The Morgan fingerprint density at radius 1 is 1.32 bits per heavy atom. The highest BCUT2D eigenvalue weighted by atomic mass is 16.1. The quantitative estimate of drug-likeness (QED) is 0.725. The zero-order chi connectivity index (χ0) is 13.5. The molecule has 2 rings (SSSR count). The molecule has 1 fully saturated rings. The Labute approximate surface area is 116 Å². The fraction of sp³-hybridized carbons (Fsp3) is 0.588. The Balaban J connectivity index is 1.70. The van der Waals surface area contributed by atoms with Crippen LogP contribution < -0.4 is 0 Å². The van der Waals surface area contributed by atoms with Gasteiger partial charge in [0.25, 0.3) is 0 Å². The number of carbonyl (C=O) groups excluding carboxylic acids is 1. The van der Waals surface area contributed by atoms with Crippen LogP contribution in [-0.2, 0) is 0 Å². The Morgan fingerprint density at radius 3 is 2.84 bits per heavy atom. The molecule has 1 saturated heterocycles. The van der Waals surface area contributed by atoms with E-state index in [2.05, 4.69) is 11.8 Å². The van der Waals surface area contributed by atoms with Gasteiger partial charge in [0.1, 0.15) is 0 Å². The molecule has 1 aliphatic rings. The SMILES string of the molecule is CCC1CCCN(CCCC(=O)c2ccccc2)C1. The Hall–Kier alpha value is -1.15. The lowest BCUT2D eigenvalue weighted by Crippen LogP contribution is -2.35. The van der Waals surface area contributed by atoms with Crippen molar-refractivity contribution in [3.63, 3.8) is 0 Å². The third kappa shape index (κ3) is 4.46. The normalized spacial score (nSPS) is 20.4. The summed E-state index contributed by atoms with van der Waals surface area (Å²) >= 11 is 0. The van der Waals surface area contributed by atoms with Crippen LogP contribution >= 0.6 is 0 Å². The average Bonchev–Trinajstić information content (AvgIpc) is 2.48. The molecule has 2 nitrogen and oxygen atoms in total. The van der Waals surface area contributed by atoms with E-state index in [1.807, 2.05) is 30.3 Å². The first-order valence-corrected chi connectivity index (χ1v) is 7.60. The predicted octanol–water partition coefficient (Wildman–Crippen LogP) is 3.77. The molecule has 1 unspecified atom stereocenters. The van der Waals surface area contributed by atoms with E-state index in [1.54, 1.807) is 0 Å². The molecule has 104 valence electrons. The van der Waals surface area contributed by atoms with E-state index < -0.39 is 0 Å². The van der Waals surface area contributed by atoms with Crippen LogP contribution in [0.15, 0.2) is 30.3 Å². The molecule has 0 saturated carbocycles. The summed E-state index contributed by atoms with van der Waals surface area (Å²) in [7, 11) is 0. The number of nitrogens with zero attached hydrogens (tertiary/aromatic N) is 1. The van der Waals surface area contributed by atoms with E-state index in [0.29, 0.717) is 6.42 Å². The van der Waals surface area contributed by atoms with Gasteiger partial charge >= 0.3 is 0 Å². The third-order valence-electron chi connectivity index (χ3n) is 4.15. The minimum atomic E-state index is 0.282. The van der Waals surface area contributed by atoms with E-state index in [1.165, 1.54) is 32.4 Å². The molecule has 0 spiro atoms. The molecular formula is C17H25NO. The van der Waals surface area contributed by atoms with E-state index in [-0.39, 0.29) is 5.78 Å². The monoisotopic (exact) mass is 259 g/mol. The van der Waals surface area contributed by atoms with E-state index in [0.717, 1.165) is 24.4 Å². The first kappa shape index (κ1) is 14.3. The van der Waals surface area contributed by atoms with Gasteiger partial charge in [-0.05, 0) is 38.3 Å². The molecular weight excluding hydrogens is 234 g/mol. The molecule has 1 aliphatic heterocycles. The van der Waals surface area contributed by atoms with Crippen LogP contribution in [0.1, 0.15) is 49.4 Å². The second-order valence-electron chi connectivity index (χ2n) is 5.61. The number of likely N-dealkylation sites (tertiary alicyclic amines) is 1. The summed E-state index contributed by atoms with van der Waals surface area (Å²) in [4.78, 5) is 14.5. The van der Waals surface area contributed by atoms with E-state index in [9.17, 15) is 4.79 Å². The van der Waals surface area contributed by atoms with Crippen molar-refractivity contribution in [2.75, 3.05) is 19.6 Å². The molecule has 0 aromatic heterocycles. The van der Waals surface area contributed by atoms with Gasteiger partial charge in [-0.15, -0.1) is 0 Å². The molecule has 1 aromatic carbocycles. The summed E-state index contributed by atoms with van der Waals surface area (Å²) < 4.78 is 0. The zero-order valence-corrected chi connectivity index (χ0v) is 12.0. The minimum Gasteiger partial charge on any atom is -0.303 e. The topological polar surface area (TPSA) is 20.3 Å². The maximum atomic E-state index is 12.0. The van der Waals surface area contributed by atoms with Crippen LogP contribution in [0, 0.1) is 5.92 Å². The number of benzene rings is 1. The first-order chi connectivity index (χ1) is 9.29. The molecule has 0 aliphatic carbocycles. The van der Waals surface area contributed by atoms with Crippen molar-refractivity contribution in [1.82, 2.24) is 4.90 Å². The maximum Gasteiger partial charge on any atom is 0.162 e. The van der Waals surface area contributed by atoms with Crippen molar-refractivity contribution in [2.45, 2.75) is 39.0 Å². The summed E-state index contributed by atoms with van der Waals surface area (Å²) in [5.41, 5.74) is 0.854. The van der Waals surface area contributed by atoms with Crippen molar-refractivity contribution < 1.29 is 4.79 Å². The molecule has 2 heteroatoms. The smallest absolute Gasteiger partial charge is 0.162 e. The number of hydrogen-bond donors (Lipinski definition) is 0. The standard InChI is InChI=1S/C17H25NO/c1-2-15-8-6-12-18(14-15)13-7-11-17(19)16-9-4-3-5-10-16/h3-5,9-10,15H,2,6-8,11-14H2,1H3. The lowest BCUT2D eigenvalue weighted by atomic mass is 9.95. The molecule has 0 N–H and O–H groups in total. The number of rotatable bonds is 6. The summed E-state index contributed by atoms with van der Waals surface area (Å²) in [6, 6.07) is 9.65. The Kier molecular flexibility index (Phi) is 5.59. The van der Waals surface area contributed by atoms with Gasteiger partial charge in [-0.3, -0.25) is 4.79 Å². The first-order valence-electron chi connectivity index (χ1n) is 7.60. The Bertz CT molecular complexity index is 388. The van der Waals surface area contributed by atoms with E-state index >= 15 is 0 Å². The van der Waals surface area contributed by atoms with Crippen LogP contribution in [0.5, 0.6) is 0 Å². The van der Waals surface area contributed by atoms with Gasteiger partial charge in [0, 0.05) is 18.5 Å². The lowest BCUT2D eigenvalue weighted by Gasteiger charge is -2.32. The summed E-state index contributed by atoms with van der Waals surface area (Å²) in [5.74, 6) is 1.16. The molecule has 1 aromatic rings.